The van der Waals surface area contributed by atoms with Gasteiger partial charge in [-0.1, -0.05) is 18.2 Å². The Labute approximate surface area is 147 Å². The number of aryl methyl sites for hydroxylation is 1. The smallest absolute Gasteiger partial charge is 0.290 e. The van der Waals surface area contributed by atoms with Gasteiger partial charge in [0.05, 0.1) is 31.9 Å². The molecule has 2 saturated heterocycles. The Morgan fingerprint density at radius 1 is 1.24 bits per heavy atom. The first-order chi connectivity index (χ1) is 11.9. The summed E-state index contributed by atoms with van der Waals surface area (Å²) < 4.78 is 29.1. The van der Waals surface area contributed by atoms with Crippen LogP contribution in [0.5, 0.6) is 0 Å². The number of furan rings is 1. The van der Waals surface area contributed by atoms with E-state index in [0.717, 1.165) is 36.0 Å². The average Bonchev–Trinajstić information content (AvgIpc) is 3.15. The summed E-state index contributed by atoms with van der Waals surface area (Å²) in [6.07, 6.45) is 0.744. The highest BCUT2D eigenvalue weighted by Gasteiger charge is 2.38. The van der Waals surface area contributed by atoms with E-state index in [1.165, 1.54) is 4.90 Å². The molecule has 0 saturated carbocycles. The summed E-state index contributed by atoms with van der Waals surface area (Å²) in [7, 11) is -2.85. The van der Waals surface area contributed by atoms with Crippen molar-refractivity contribution in [2.75, 3.05) is 37.7 Å². The van der Waals surface area contributed by atoms with Crippen molar-refractivity contribution in [3.8, 4) is 0 Å². The molecule has 2 fully saturated rings. The first-order valence-corrected chi connectivity index (χ1v) is 10.6. The number of amides is 1. The molecule has 7 heteroatoms. The molecule has 1 amide bonds. The maximum atomic E-state index is 12.8. The number of hydrogen-bond donors (Lipinski definition) is 1. The molecule has 0 unspecified atom stereocenters. The van der Waals surface area contributed by atoms with E-state index in [1.54, 1.807) is 0 Å². The second-order valence-corrected chi connectivity index (χ2v) is 9.33. The van der Waals surface area contributed by atoms with Gasteiger partial charge in [0, 0.05) is 17.4 Å². The van der Waals surface area contributed by atoms with Crippen LogP contribution in [0, 0.1) is 6.92 Å². The Morgan fingerprint density at radius 3 is 2.60 bits per heavy atom. The third-order valence-corrected chi connectivity index (χ3v) is 7.31. The highest BCUT2D eigenvalue weighted by molar-refractivity contribution is 7.91. The number of sulfone groups is 1. The number of para-hydroxylation sites is 1. The van der Waals surface area contributed by atoms with Crippen LogP contribution in [-0.2, 0) is 9.84 Å². The highest BCUT2D eigenvalue weighted by atomic mass is 32.2. The lowest BCUT2D eigenvalue weighted by molar-refractivity contribution is -0.925. The number of fused-ring (bicyclic) bond motifs is 1. The lowest BCUT2D eigenvalue weighted by atomic mass is 10.1. The van der Waals surface area contributed by atoms with Crippen molar-refractivity contribution in [1.29, 1.82) is 0 Å². The molecule has 1 N–H and O–H groups in total. The van der Waals surface area contributed by atoms with Crippen LogP contribution in [-0.4, -0.2) is 63.0 Å². The maximum Gasteiger partial charge on any atom is 0.290 e. The maximum absolute atomic E-state index is 12.8. The summed E-state index contributed by atoms with van der Waals surface area (Å²) in [5, 5.41) is 0.978. The Hall–Kier alpha value is -1.86. The first kappa shape index (κ1) is 16.6. The quantitative estimate of drug-likeness (QED) is 0.831. The zero-order valence-corrected chi connectivity index (χ0v) is 15.1. The van der Waals surface area contributed by atoms with E-state index in [-0.39, 0.29) is 11.9 Å². The zero-order valence-electron chi connectivity index (χ0n) is 14.3. The van der Waals surface area contributed by atoms with E-state index in [1.807, 2.05) is 36.1 Å². The van der Waals surface area contributed by atoms with Crippen LogP contribution in [0.3, 0.4) is 0 Å². The topological polar surface area (TPSA) is 72.0 Å². The summed E-state index contributed by atoms with van der Waals surface area (Å²) in [6.45, 7) is 4.79. The van der Waals surface area contributed by atoms with E-state index in [2.05, 4.69) is 0 Å². The van der Waals surface area contributed by atoms with E-state index >= 15 is 0 Å². The molecule has 4 rings (SSSR count). The number of nitrogens with zero attached hydrogens (tertiary/aromatic N) is 1. The lowest BCUT2D eigenvalue weighted by Gasteiger charge is -2.34. The van der Waals surface area contributed by atoms with Crippen LogP contribution < -0.4 is 4.90 Å². The Morgan fingerprint density at radius 2 is 1.96 bits per heavy atom. The lowest BCUT2D eigenvalue weighted by Crippen LogP contribution is -3.18. The fourth-order valence-electron chi connectivity index (χ4n) is 4.04. The first-order valence-electron chi connectivity index (χ1n) is 8.77. The van der Waals surface area contributed by atoms with E-state index < -0.39 is 9.84 Å². The zero-order chi connectivity index (χ0) is 17.6. The molecule has 0 bridgehead atoms. The molecule has 6 nitrogen and oxygen atoms in total. The number of nitrogens with one attached hydrogen (secondary N) is 1. The molecule has 2 aromatic rings. The predicted octanol–water partition coefficient (Wildman–Crippen LogP) is 0.269. The normalized spacial score (nSPS) is 24.0. The van der Waals surface area contributed by atoms with Crippen LogP contribution in [0.1, 0.15) is 22.5 Å². The van der Waals surface area contributed by atoms with Gasteiger partial charge in [-0.15, -0.1) is 0 Å². The predicted molar refractivity (Wildman–Crippen MR) is 94.6 cm³/mol. The monoisotopic (exact) mass is 363 g/mol. The summed E-state index contributed by atoms with van der Waals surface area (Å²) in [4.78, 5) is 16.0. The van der Waals surface area contributed by atoms with E-state index in [9.17, 15) is 13.2 Å². The third-order valence-electron chi connectivity index (χ3n) is 5.54. The van der Waals surface area contributed by atoms with Gasteiger partial charge in [-0.25, -0.2) is 8.42 Å². The van der Waals surface area contributed by atoms with Crippen molar-refractivity contribution >= 4 is 26.7 Å². The number of benzene rings is 1. The largest absolute Gasteiger partial charge is 0.451 e. The van der Waals surface area contributed by atoms with Gasteiger partial charge in [0.15, 0.2) is 15.6 Å². The number of carbonyl (C=O) groups excluding carboxylic acids is 1. The Bertz CT molecular complexity index is 910. The van der Waals surface area contributed by atoms with Gasteiger partial charge in [-0.05, 0) is 13.0 Å². The van der Waals surface area contributed by atoms with E-state index in [4.69, 9.17) is 4.42 Å². The van der Waals surface area contributed by atoms with Crippen molar-refractivity contribution < 1.29 is 22.5 Å². The molecule has 1 aromatic carbocycles. The fourth-order valence-corrected chi connectivity index (χ4v) is 5.87. The molecule has 0 radical (unpaired) electrons. The molecule has 2 aliphatic heterocycles. The van der Waals surface area contributed by atoms with E-state index in [0.29, 0.717) is 30.4 Å². The van der Waals surface area contributed by atoms with Gasteiger partial charge in [-0.2, -0.15) is 0 Å². The second kappa shape index (κ2) is 6.14. The molecule has 0 aliphatic carbocycles. The van der Waals surface area contributed by atoms with Crippen molar-refractivity contribution in [2.45, 2.75) is 19.4 Å². The summed E-state index contributed by atoms with van der Waals surface area (Å²) in [5.74, 6) is 0.959. The molecule has 134 valence electrons. The van der Waals surface area contributed by atoms with Gasteiger partial charge in [0.1, 0.15) is 17.4 Å². The molecule has 3 heterocycles. The molecular weight excluding hydrogens is 340 g/mol. The molecular formula is C18H23N2O4S+. The molecule has 2 aliphatic rings. The number of rotatable bonds is 2. The molecule has 1 aromatic heterocycles. The molecule has 0 spiro atoms. The van der Waals surface area contributed by atoms with Crippen molar-refractivity contribution in [2.24, 2.45) is 0 Å². The van der Waals surface area contributed by atoms with Crippen LogP contribution in [0.15, 0.2) is 28.7 Å². The minimum atomic E-state index is -2.85. The van der Waals surface area contributed by atoms with Crippen LogP contribution >= 0.6 is 0 Å². The fraction of sp³-hybridized carbons (Fsp3) is 0.500. The number of hydrogen-bond acceptors (Lipinski definition) is 4. The number of quaternary nitrogens is 1. The minimum absolute atomic E-state index is 0.0632. The van der Waals surface area contributed by atoms with Gasteiger partial charge < -0.3 is 14.2 Å². The van der Waals surface area contributed by atoms with Crippen LogP contribution in [0.2, 0.25) is 0 Å². The third kappa shape index (κ3) is 3.06. The summed E-state index contributed by atoms with van der Waals surface area (Å²) in [5.41, 5.74) is 1.63. The van der Waals surface area contributed by atoms with Gasteiger partial charge in [0.2, 0.25) is 0 Å². The van der Waals surface area contributed by atoms with Crippen molar-refractivity contribution in [3.05, 3.63) is 35.6 Å². The molecule has 1 atom stereocenters. The SMILES string of the molecule is Cc1c(C(=O)N2CC[NH+]([C@@H]3CCS(=O)(=O)C3)CC2)oc2ccccc12. The number of carbonyl (C=O) groups is 1. The highest BCUT2D eigenvalue weighted by Crippen LogP contribution is 2.26. The molecule has 25 heavy (non-hydrogen) atoms. The Balaban J connectivity index is 1.45. The summed E-state index contributed by atoms with van der Waals surface area (Å²) in [6, 6.07) is 7.87. The van der Waals surface area contributed by atoms with Gasteiger partial charge in [-0.3, -0.25) is 4.79 Å². The van der Waals surface area contributed by atoms with Crippen LogP contribution in [0.25, 0.3) is 11.0 Å². The number of piperazine rings is 1. The van der Waals surface area contributed by atoms with Gasteiger partial charge >= 0.3 is 0 Å². The Kier molecular flexibility index (Phi) is 4.08. The van der Waals surface area contributed by atoms with Crippen molar-refractivity contribution in [3.63, 3.8) is 0 Å². The second-order valence-electron chi connectivity index (χ2n) is 7.10. The minimum Gasteiger partial charge on any atom is -0.451 e. The van der Waals surface area contributed by atoms with Crippen LogP contribution in [0.4, 0.5) is 0 Å². The summed E-state index contributed by atoms with van der Waals surface area (Å²) >= 11 is 0. The van der Waals surface area contributed by atoms with Gasteiger partial charge in [0.25, 0.3) is 5.91 Å². The average molecular weight is 363 g/mol. The standard InChI is InChI=1S/C18H22N2O4S/c1-13-15-4-2-3-5-16(15)24-17(13)18(21)20-9-7-19(8-10-20)14-6-11-25(22,23)12-14/h2-5,14H,6-12H2,1H3/p+1/t14-/m1/s1. The van der Waals surface area contributed by atoms with Crippen molar-refractivity contribution in [1.82, 2.24) is 4.90 Å².